The second-order valence-electron chi connectivity index (χ2n) is 8.95. The number of halogens is 1. The molecule has 0 bridgehead atoms. The Morgan fingerprint density at radius 1 is 1.19 bits per heavy atom. The molecule has 2 aliphatic rings. The van der Waals surface area contributed by atoms with Gasteiger partial charge < -0.3 is 9.64 Å². The summed E-state index contributed by atoms with van der Waals surface area (Å²) in [5, 5.41) is 0. The molecule has 1 saturated heterocycles. The first-order chi connectivity index (χ1) is 12.3. The maximum absolute atomic E-state index is 12.5. The molecule has 2 fully saturated rings. The maximum Gasteiger partial charge on any atom is 0.222 e. The molecule has 3 rings (SSSR count). The number of benzene rings is 1. The van der Waals surface area contributed by atoms with E-state index in [0.29, 0.717) is 18.9 Å². The molecule has 2 unspecified atom stereocenters. The lowest BCUT2D eigenvalue weighted by Crippen LogP contribution is -2.29. The van der Waals surface area contributed by atoms with E-state index in [9.17, 15) is 4.79 Å². The van der Waals surface area contributed by atoms with Crippen LogP contribution in [0.5, 0.6) is 5.75 Å². The number of rotatable bonds is 5. The van der Waals surface area contributed by atoms with Gasteiger partial charge in [0.05, 0.1) is 11.1 Å². The van der Waals surface area contributed by atoms with E-state index < -0.39 is 0 Å². The monoisotopic (exact) mass is 421 g/mol. The number of hydrogen-bond acceptors (Lipinski definition) is 2. The third kappa shape index (κ3) is 4.82. The van der Waals surface area contributed by atoms with E-state index in [4.69, 9.17) is 4.74 Å². The van der Waals surface area contributed by atoms with Crippen LogP contribution in [0.1, 0.15) is 64.9 Å². The van der Waals surface area contributed by atoms with Gasteiger partial charge in [0.2, 0.25) is 5.91 Å². The molecule has 0 aromatic heterocycles. The number of carbonyl (C=O) groups is 1. The number of carbonyl (C=O) groups excluding carboxylic acids is 1. The van der Waals surface area contributed by atoms with Gasteiger partial charge >= 0.3 is 0 Å². The van der Waals surface area contributed by atoms with Gasteiger partial charge in [-0.2, -0.15) is 0 Å². The Labute approximate surface area is 166 Å². The summed E-state index contributed by atoms with van der Waals surface area (Å²) in [6.45, 7) is 9.18. The topological polar surface area (TPSA) is 29.5 Å². The van der Waals surface area contributed by atoms with Crippen molar-refractivity contribution in [2.75, 3.05) is 19.7 Å². The highest BCUT2D eigenvalue weighted by atomic mass is 79.9. The summed E-state index contributed by atoms with van der Waals surface area (Å²) in [4.78, 5) is 14.6. The van der Waals surface area contributed by atoms with Gasteiger partial charge in [-0.25, -0.2) is 0 Å². The average Bonchev–Trinajstić information content (AvgIpc) is 3.03. The van der Waals surface area contributed by atoms with Gasteiger partial charge in [0.1, 0.15) is 5.75 Å². The van der Waals surface area contributed by atoms with Gasteiger partial charge in [-0.15, -0.1) is 0 Å². The lowest BCUT2D eigenvalue weighted by Gasteiger charge is -2.22. The fraction of sp³-hybridized carbons (Fsp3) is 0.682. The summed E-state index contributed by atoms with van der Waals surface area (Å²) in [5.74, 6) is 2.70. The number of fused-ring (bicyclic) bond motifs is 1. The second kappa shape index (κ2) is 8.33. The Kier molecular flexibility index (Phi) is 6.32. The SMILES string of the molecule is CC(C)(C)c1ccc(OCCCC(=O)N2CC3CCCCC3C2)c(Br)c1. The zero-order valence-electron chi connectivity index (χ0n) is 16.4. The van der Waals surface area contributed by atoms with E-state index in [2.05, 4.69) is 53.7 Å². The molecule has 1 saturated carbocycles. The van der Waals surface area contributed by atoms with Crippen molar-refractivity contribution >= 4 is 21.8 Å². The summed E-state index contributed by atoms with van der Waals surface area (Å²) >= 11 is 3.61. The van der Waals surface area contributed by atoms with E-state index in [-0.39, 0.29) is 5.41 Å². The van der Waals surface area contributed by atoms with Crippen LogP contribution in [-0.2, 0) is 10.2 Å². The smallest absolute Gasteiger partial charge is 0.222 e. The van der Waals surface area contributed by atoms with Crippen molar-refractivity contribution < 1.29 is 9.53 Å². The highest BCUT2D eigenvalue weighted by molar-refractivity contribution is 9.10. The molecule has 0 N–H and O–H groups in total. The number of hydrogen-bond donors (Lipinski definition) is 0. The molecule has 3 nitrogen and oxygen atoms in total. The van der Waals surface area contributed by atoms with Crippen molar-refractivity contribution in [3.63, 3.8) is 0 Å². The predicted molar refractivity (Wildman–Crippen MR) is 110 cm³/mol. The van der Waals surface area contributed by atoms with E-state index in [1.54, 1.807) is 0 Å². The third-order valence-electron chi connectivity index (χ3n) is 5.92. The zero-order chi connectivity index (χ0) is 18.7. The molecule has 1 aromatic carbocycles. The molecule has 4 heteroatoms. The first kappa shape index (κ1) is 19.7. The Morgan fingerprint density at radius 2 is 1.85 bits per heavy atom. The van der Waals surface area contributed by atoms with Gasteiger partial charge in [-0.3, -0.25) is 4.79 Å². The standard InChI is InChI=1S/C22H32BrNO2/c1-22(2,3)18-10-11-20(19(23)13-18)26-12-6-9-21(25)24-14-16-7-4-5-8-17(16)15-24/h10-11,13,16-17H,4-9,12,14-15H2,1-3H3. The molecule has 1 aliphatic heterocycles. The van der Waals surface area contributed by atoms with Crippen molar-refractivity contribution in [2.45, 2.75) is 64.7 Å². The lowest BCUT2D eigenvalue weighted by atomic mass is 9.82. The summed E-state index contributed by atoms with van der Waals surface area (Å²) in [7, 11) is 0. The number of amides is 1. The molecule has 0 radical (unpaired) electrons. The van der Waals surface area contributed by atoms with Crippen LogP contribution >= 0.6 is 15.9 Å². The molecular weight excluding hydrogens is 390 g/mol. The first-order valence-corrected chi connectivity index (χ1v) is 10.8. The number of nitrogens with zero attached hydrogens (tertiary/aromatic N) is 1. The molecule has 26 heavy (non-hydrogen) atoms. The summed E-state index contributed by atoms with van der Waals surface area (Å²) in [6, 6.07) is 6.28. The van der Waals surface area contributed by atoms with Gasteiger partial charge in [-0.1, -0.05) is 39.7 Å². The van der Waals surface area contributed by atoms with Gasteiger partial charge in [0, 0.05) is 19.5 Å². The minimum Gasteiger partial charge on any atom is -0.492 e. The lowest BCUT2D eigenvalue weighted by molar-refractivity contribution is -0.130. The van der Waals surface area contributed by atoms with Crippen LogP contribution in [0.4, 0.5) is 0 Å². The zero-order valence-corrected chi connectivity index (χ0v) is 18.0. The molecule has 2 atom stereocenters. The summed E-state index contributed by atoms with van der Waals surface area (Å²) < 4.78 is 6.88. The minimum absolute atomic E-state index is 0.125. The van der Waals surface area contributed by atoms with Crippen LogP contribution in [0.15, 0.2) is 22.7 Å². The fourth-order valence-corrected chi connectivity index (χ4v) is 4.75. The van der Waals surface area contributed by atoms with E-state index in [1.165, 1.54) is 31.2 Å². The molecule has 0 spiro atoms. The van der Waals surface area contributed by atoms with Crippen molar-refractivity contribution in [3.05, 3.63) is 28.2 Å². The van der Waals surface area contributed by atoms with Gasteiger partial charge in [0.15, 0.2) is 0 Å². The van der Waals surface area contributed by atoms with Crippen molar-refractivity contribution in [1.82, 2.24) is 4.90 Å². The van der Waals surface area contributed by atoms with Crippen LogP contribution in [0.3, 0.4) is 0 Å². The van der Waals surface area contributed by atoms with Crippen molar-refractivity contribution in [1.29, 1.82) is 0 Å². The molecule has 1 aromatic rings. The molecule has 1 amide bonds. The molecule has 1 aliphatic carbocycles. The average molecular weight is 422 g/mol. The Balaban J connectivity index is 1.42. The highest BCUT2D eigenvalue weighted by Gasteiger charge is 2.35. The summed E-state index contributed by atoms with van der Waals surface area (Å²) in [6.07, 6.45) is 6.70. The third-order valence-corrected chi connectivity index (χ3v) is 6.54. The first-order valence-electron chi connectivity index (χ1n) is 10.0. The van der Waals surface area contributed by atoms with E-state index in [1.807, 2.05) is 6.07 Å². The van der Waals surface area contributed by atoms with Crippen LogP contribution < -0.4 is 4.74 Å². The Hall–Kier alpha value is -1.03. The van der Waals surface area contributed by atoms with Crippen molar-refractivity contribution in [3.8, 4) is 5.75 Å². The maximum atomic E-state index is 12.5. The van der Waals surface area contributed by atoms with Crippen LogP contribution in [-0.4, -0.2) is 30.5 Å². The fourth-order valence-electron chi connectivity index (χ4n) is 4.26. The Bertz CT molecular complexity index is 624. The minimum atomic E-state index is 0.125. The highest BCUT2D eigenvalue weighted by Crippen LogP contribution is 2.36. The van der Waals surface area contributed by atoms with Gasteiger partial charge in [-0.05, 0) is 70.1 Å². The van der Waals surface area contributed by atoms with Gasteiger partial charge in [0.25, 0.3) is 0 Å². The number of ether oxygens (including phenoxy) is 1. The molecule has 144 valence electrons. The van der Waals surface area contributed by atoms with Crippen LogP contribution in [0.25, 0.3) is 0 Å². The Morgan fingerprint density at radius 3 is 2.42 bits per heavy atom. The summed E-state index contributed by atoms with van der Waals surface area (Å²) in [5.41, 5.74) is 1.41. The second-order valence-corrected chi connectivity index (χ2v) is 9.80. The quantitative estimate of drug-likeness (QED) is 0.582. The van der Waals surface area contributed by atoms with Crippen LogP contribution in [0.2, 0.25) is 0 Å². The van der Waals surface area contributed by atoms with Crippen molar-refractivity contribution in [2.24, 2.45) is 11.8 Å². The molecule has 1 heterocycles. The number of likely N-dealkylation sites (tertiary alicyclic amines) is 1. The molecular formula is C22H32BrNO2. The normalized spacial score (nSPS) is 23.0. The van der Waals surface area contributed by atoms with Crippen LogP contribution in [0, 0.1) is 11.8 Å². The van der Waals surface area contributed by atoms with E-state index >= 15 is 0 Å². The predicted octanol–water partition coefficient (Wildman–Crippen LogP) is 5.55. The van der Waals surface area contributed by atoms with E-state index in [0.717, 1.165) is 41.6 Å². The largest absolute Gasteiger partial charge is 0.492 e.